The Balaban J connectivity index is 3.03. The van der Waals surface area contributed by atoms with Gasteiger partial charge < -0.3 is 20.4 Å². The Hall–Kier alpha value is -1.82. The lowest BCUT2D eigenvalue weighted by atomic mass is 9.81. The number of carboxylic acids is 2. The first-order valence-electron chi connectivity index (χ1n) is 5.00. The maximum atomic E-state index is 10.6. The van der Waals surface area contributed by atoms with Crippen LogP contribution in [-0.2, 0) is 9.59 Å². The highest BCUT2D eigenvalue weighted by Gasteiger charge is 2.33. The first-order valence-corrected chi connectivity index (χ1v) is 5.00. The zero-order valence-electron chi connectivity index (χ0n) is 9.30. The van der Waals surface area contributed by atoms with Crippen LogP contribution in [0.4, 0.5) is 0 Å². The molecule has 94 valence electrons. The lowest BCUT2D eigenvalue weighted by Crippen LogP contribution is -2.32. The fourth-order valence-corrected chi connectivity index (χ4v) is 1.78. The van der Waals surface area contributed by atoms with Crippen LogP contribution in [0, 0.1) is 0 Å². The van der Waals surface area contributed by atoms with E-state index in [9.17, 15) is 19.8 Å². The smallest absolute Gasteiger partial charge is 0.307 e. The zero-order valence-corrected chi connectivity index (χ0v) is 9.30. The van der Waals surface area contributed by atoms with Gasteiger partial charge in [-0.3, -0.25) is 9.59 Å². The van der Waals surface area contributed by atoms with Gasteiger partial charge in [0.25, 0.3) is 0 Å². The lowest BCUT2D eigenvalue weighted by Gasteiger charge is -2.30. The number of hydrogen-bond donors (Lipinski definition) is 4. The number of aliphatic hydroxyl groups excluding tert-OH is 1. The average Bonchev–Trinajstić information content (AvgIpc) is 2.11. The van der Waals surface area contributed by atoms with E-state index in [0.29, 0.717) is 0 Å². The summed E-state index contributed by atoms with van der Waals surface area (Å²) >= 11 is 0. The molecule has 17 heavy (non-hydrogen) atoms. The van der Waals surface area contributed by atoms with Gasteiger partial charge in [0.15, 0.2) is 0 Å². The highest BCUT2D eigenvalue weighted by atomic mass is 16.4. The van der Waals surface area contributed by atoms with Crippen molar-refractivity contribution in [2.45, 2.75) is 31.8 Å². The van der Waals surface area contributed by atoms with Crippen LogP contribution in [0.1, 0.15) is 26.2 Å². The van der Waals surface area contributed by atoms with Gasteiger partial charge in [0, 0.05) is 6.42 Å². The van der Waals surface area contributed by atoms with E-state index in [1.54, 1.807) is 0 Å². The molecular weight excluding hydrogens is 228 g/mol. The highest BCUT2D eigenvalue weighted by molar-refractivity contribution is 5.73. The molecule has 1 aliphatic rings. The molecule has 0 aromatic heterocycles. The number of aliphatic hydroxyl groups is 2. The van der Waals surface area contributed by atoms with E-state index in [4.69, 9.17) is 10.2 Å². The Bertz CT molecular complexity index is 416. The monoisotopic (exact) mass is 242 g/mol. The number of carbonyl (C=O) groups is 2. The van der Waals surface area contributed by atoms with Crippen molar-refractivity contribution in [3.63, 3.8) is 0 Å². The predicted molar refractivity (Wildman–Crippen MR) is 57.5 cm³/mol. The van der Waals surface area contributed by atoms with E-state index in [1.165, 1.54) is 6.92 Å². The van der Waals surface area contributed by atoms with Gasteiger partial charge in [0.05, 0.1) is 18.4 Å². The van der Waals surface area contributed by atoms with Gasteiger partial charge in [-0.1, -0.05) is 0 Å². The minimum absolute atomic E-state index is 0.0791. The minimum Gasteiger partial charge on any atom is -0.508 e. The molecule has 1 unspecified atom stereocenters. The molecule has 0 saturated heterocycles. The number of allylic oxidation sites excluding steroid dienone is 1. The van der Waals surface area contributed by atoms with Crippen molar-refractivity contribution >= 4 is 11.9 Å². The summed E-state index contributed by atoms with van der Waals surface area (Å²) in [4.78, 5) is 21.1. The van der Waals surface area contributed by atoms with Gasteiger partial charge in [-0.25, -0.2) is 0 Å². The maximum absolute atomic E-state index is 10.6. The molecule has 6 heteroatoms. The molecule has 0 aromatic carbocycles. The fourth-order valence-electron chi connectivity index (χ4n) is 1.78. The first kappa shape index (κ1) is 13.2. The summed E-state index contributed by atoms with van der Waals surface area (Å²) in [6.45, 7) is 1.40. The molecule has 0 amide bonds. The van der Waals surface area contributed by atoms with Gasteiger partial charge in [0.2, 0.25) is 0 Å². The normalized spacial score (nSPS) is 24.5. The number of rotatable bonds is 4. The molecule has 1 atom stereocenters. The van der Waals surface area contributed by atoms with Gasteiger partial charge >= 0.3 is 11.9 Å². The molecule has 6 nitrogen and oxygen atoms in total. The minimum atomic E-state index is -1.44. The molecule has 0 heterocycles. The van der Waals surface area contributed by atoms with Crippen molar-refractivity contribution < 1.29 is 30.0 Å². The SMILES string of the molecule is CC1(O)CC(CC(=O)O)=C(O)C=C1CC(=O)O. The van der Waals surface area contributed by atoms with Gasteiger partial charge in [-0.15, -0.1) is 0 Å². The first-order chi connectivity index (χ1) is 7.72. The van der Waals surface area contributed by atoms with Crippen LogP contribution in [0.25, 0.3) is 0 Å². The third-order valence-corrected chi connectivity index (χ3v) is 2.63. The summed E-state index contributed by atoms with van der Waals surface area (Å²) in [7, 11) is 0. The van der Waals surface area contributed by atoms with Gasteiger partial charge in [-0.05, 0) is 24.1 Å². The van der Waals surface area contributed by atoms with E-state index in [-0.39, 0.29) is 29.7 Å². The van der Waals surface area contributed by atoms with E-state index in [1.807, 2.05) is 0 Å². The highest BCUT2D eigenvalue weighted by Crippen LogP contribution is 2.34. The van der Waals surface area contributed by atoms with E-state index >= 15 is 0 Å². The Labute approximate surface area is 97.5 Å². The second-order valence-corrected chi connectivity index (χ2v) is 4.25. The summed E-state index contributed by atoms with van der Waals surface area (Å²) in [5.74, 6) is -2.50. The molecule has 0 fully saturated rings. The number of carboxylic acid groups (broad SMARTS) is 2. The van der Waals surface area contributed by atoms with E-state index < -0.39 is 24.0 Å². The third-order valence-electron chi connectivity index (χ3n) is 2.63. The van der Waals surface area contributed by atoms with Crippen LogP contribution in [0.3, 0.4) is 0 Å². The van der Waals surface area contributed by atoms with Crippen LogP contribution in [-0.4, -0.2) is 38.0 Å². The van der Waals surface area contributed by atoms with Crippen LogP contribution in [0.2, 0.25) is 0 Å². The van der Waals surface area contributed by atoms with Crippen molar-refractivity contribution in [3.8, 4) is 0 Å². The topological polar surface area (TPSA) is 115 Å². The second-order valence-electron chi connectivity index (χ2n) is 4.25. The molecule has 0 bridgehead atoms. The van der Waals surface area contributed by atoms with E-state index in [2.05, 4.69) is 0 Å². The molecule has 0 radical (unpaired) electrons. The molecule has 4 N–H and O–H groups in total. The quantitative estimate of drug-likeness (QED) is 0.580. The van der Waals surface area contributed by atoms with Crippen molar-refractivity contribution in [2.24, 2.45) is 0 Å². The summed E-state index contributed by atoms with van der Waals surface area (Å²) in [6, 6.07) is 0. The van der Waals surface area contributed by atoms with Crippen LogP contribution in [0.5, 0.6) is 0 Å². The summed E-state index contributed by atoms with van der Waals surface area (Å²) in [5.41, 5.74) is -1.08. The Morgan fingerprint density at radius 3 is 2.29 bits per heavy atom. The molecule has 0 aliphatic heterocycles. The predicted octanol–water partition coefficient (Wildman–Crippen LogP) is 0.829. The molecule has 0 aromatic rings. The standard InChI is InChI=1S/C11H14O6/c1-11(17)5-6(2-9(13)14)8(12)3-7(11)4-10(15)16/h3,12,17H,2,4-5H2,1H3,(H,13,14)(H,15,16). The second kappa shape index (κ2) is 4.58. The number of hydrogen-bond acceptors (Lipinski definition) is 4. The van der Waals surface area contributed by atoms with Crippen molar-refractivity contribution in [3.05, 3.63) is 23.0 Å². The molecule has 1 rings (SSSR count). The maximum Gasteiger partial charge on any atom is 0.307 e. The van der Waals surface area contributed by atoms with Crippen LogP contribution in [0.15, 0.2) is 23.0 Å². The van der Waals surface area contributed by atoms with Crippen molar-refractivity contribution in [1.29, 1.82) is 0 Å². The van der Waals surface area contributed by atoms with Gasteiger partial charge in [-0.2, -0.15) is 0 Å². The fraction of sp³-hybridized carbons (Fsp3) is 0.455. The summed E-state index contributed by atoms with van der Waals surface area (Å²) in [6.07, 6.45) is 0.288. The zero-order chi connectivity index (χ0) is 13.2. The van der Waals surface area contributed by atoms with Crippen molar-refractivity contribution in [2.75, 3.05) is 0 Å². The van der Waals surface area contributed by atoms with Crippen LogP contribution >= 0.6 is 0 Å². The average molecular weight is 242 g/mol. The molecule has 0 spiro atoms. The lowest BCUT2D eigenvalue weighted by molar-refractivity contribution is -0.138. The third kappa shape index (κ3) is 3.32. The summed E-state index contributed by atoms with van der Waals surface area (Å²) < 4.78 is 0. The Kier molecular flexibility index (Phi) is 3.57. The number of aliphatic carboxylic acids is 2. The molecular formula is C11H14O6. The molecule has 0 saturated carbocycles. The Morgan fingerprint density at radius 2 is 1.82 bits per heavy atom. The summed E-state index contributed by atoms with van der Waals surface area (Å²) in [5, 5.41) is 36.9. The largest absolute Gasteiger partial charge is 0.508 e. The van der Waals surface area contributed by atoms with Crippen LogP contribution < -0.4 is 0 Å². The molecule has 1 aliphatic carbocycles. The van der Waals surface area contributed by atoms with Crippen molar-refractivity contribution in [1.82, 2.24) is 0 Å². The van der Waals surface area contributed by atoms with E-state index in [0.717, 1.165) is 6.08 Å². The Morgan fingerprint density at radius 1 is 1.29 bits per heavy atom. The van der Waals surface area contributed by atoms with Gasteiger partial charge in [0.1, 0.15) is 5.76 Å².